The second-order valence-corrected chi connectivity index (χ2v) is 8.94. The molecule has 28 heavy (non-hydrogen) atoms. The molecule has 0 heterocycles. The molecule has 3 rings (SSSR count). The van der Waals surface area contributed by atoms with Crippen molar-refractivity contribution in [2.24, 2.45) is 5.92 Å². The number of hydrogen-bond donors (Lipinski definition) is 0. The molecule has 1 saturated carbocycles. The van der Waals surface area contributed by atoms with Gasteiger partial charge >= 0.3 is 6.18 Å². The first kappa shape index (κ1) is 21.4. The van der Waals surface area contributed by atoms with Crippen LogP contribution < -0.4 is 0 Å². The van der Waals surface area contributed by atoms with Crippen LogP contribution in [0.2, 0.25) is 0 Å². The van der Waals surface area contributed by atoms with E-state index in [1.54, 1.807) is 12.1 Å². The Hall–Kier alpha value is -1.29. The number of alkyl halides is 3. The van der Waals surface area contributed by atoms with Gasteiger partial charge in [-0.25, -0.2) is 0 Å². The number of unbranched alkanes of at least 4 members (excludes halogenated alkanes) is 2. The third-order valence-corrected chi connectivity index (χ3v) is 6.54. The molecule has 0 atom stereocenters. The quantitative estimate of drug-likeness (QED) is 0.383. The average Bonchev–Trinajstić information content (AvgIpc) is 2.68. The Morgan fingerprint density at radius 3 is 2.21 bits per heavy atom. The Morgan fingerprint density at radius 1 is 0.929 bits per heavy atom. The van der Waals surface area contributed by atoms with Crippen LogP contribution in [0.25, 0.3) is 11.1 Å². The summed E-state index contributed by atoms with van der Waals surface area (Å²) in [7, 11) is 0. The van der Waals surface area contributed by atoms with Crippen molar-refractivity contribution in [1.82, 2.24) is 0 Å². The molecule has 1 fully saturated rings. The van der Waals surface area contributed by atoms with E-state index in [2.05, 4.69) is 22.9 Å². The van der Waals surface area contributed by atoms with Crippen LogP contribution in [0.5, 0.6) is 0 Å². The van der Waals surface area contributed by atoms with Gasteiger partial charge in [0, 0.05) is 4.47 Å². The molecule has 0 nitrogen and oxygen atoms in total. The van der Waals surface area contributed by atoms with Gasteiger partial charge in [-0.05, 0) is 66.3 Å². The molecule has 0 aliphatic heterocycles. The van der Waals surface area contributed by atoms with Crippen molar-refractivity contribution < 1.29 is 13.2 Å². The molecule has 1 aliphatic carbocycles. The standard InChI is InChI=1S/C24H28BrF3/c1-2-3-4-5-17-6-8-18(9-7-17)19-10-12-20(13-11-19)22-15-14-21(25)16-23(22)24(26,27)28/h10-18H,2-9H2,1H3/t17-,18-. The van der Waals surface area contributed by atoms with Crippen molar-refractivity contribution in [3.05, 3.63) is 58.1 Å². The summed E-state index contributed by atoms with van der Waals surface area (Å²) in [6, 6.07) is 12.1. The van der Waals surface area contributed by atoms with Gasteiger partial charge in [0.2, 0.25) is 0 Å². The number of benzene rings is 2. The first-order chi connectivity index (χ1) is 13.4. The molecule has 0 saturated heterocycles. The lowest BCUT2D eigenvalue weighted by atomic mass is 9.77. The smallest absolute Gasteiger partial charge is 0.166 e. The van der Waals surface area contributed by atoms with Gasteiger partial charge in [0.25, 0.3) is 0 Å². The molecule has 0 bridgehead atoms. The van der Waals surface area contributed by atoms with Gasteiger partial charge in [0.05, 0.1) is 5.56 Å². The van der Waals surface area contributed by atoms with E-state index in [9.17, 15) is 13.2 Å². The van der Waals surface area contributed by atoms with E-state index in [0.29, 0.717) is 16.0 Å². The zero-order chi connectivity index (χ0) is 20.1. The lowest BCUT2D eigenvalue weighted by molar-refractivity contribution is -0.137. The lowest BCUT2D eigenvalue weighted by Crippen LogP contribution is -2.13. The maximum Gasteiger partial charge on any atom is 0.417 e. The molecule has 1 aliphatic rings. The Kier molecular flexibility index (Phi) is 7.25. The fraction of sp³-hybridized carbons (Fsp3) is 0.500. The van der Waals surface area contributed by atoms with Crippen molar-refractivity contribution in [3.63, 3.8) is 0 Å². The lowest BCUT2D eigenvalue weighted by Gasteiger charge is -2.29. The number of hydrogen-bond acceptors (Lipinski definition) is 0. The van der Waals surface area contributed by atoms with Gasteiger partial charge in [-0.15, -0.1) is 0 Å². The van der Waals surface area contributed by atoms with E-state index >= 15 is 0 Å². The Balaban J connectivity index is 1.69. The SMILES string of the molecule is CCCCC[C@H]1CC[C@H](c2ccc(-c3ccc(Br)cc3C(F)(F)F)cc2)CC1. The summed E-state index contributed by atoms with van der Waals surface area (Å²) in [5, 5.41) is 0. The minimum Gasteiger partial charge on any atom is -0.166 e. The van der Waals surface area contributed by atoms with E-state index in [-0.39, 0.29) is 5.56 Å². The minimum atomic E-state index is -4.37. The molecule has 2 aromatic rings. The van der Waals surface area contributed by atoms with Crippen molar-refractivity contribution in [1.29, 1.82) is 0 Å². The Morgan fingerprint density at radius 2 is 1.61 bits per heavy atom. The van der Waals surface area contributed by atoms with Gasteiger partial charge in [-0.3, -0.25) is 0 Å². The molecule has 0 aromatic heterocycles. The van der Waals surface area contributed by atoms with E-state index in [1.807, 2.05) is 24.3 Å². The van der Waals surface area contributed by atoms with Crippen molar-refractivity contribution in [2.75, 3.05) is 0 Å². The maximum atomic E-state index is 13.4. The Labute approximate surface area is 174 Å². The van der Waals surface area contributed by atoms with E-state index in [4.69, 9.17) is 0 Å². The summed E-state index contributed by atoms with van der Waals surface area (Å²) >= 11 is 3.15. The summed E-state index contributed by atoms with van der Waals surface area (Å²) in [5.41, 5.74) is 1.53. The van der Waals surface area contributed by atoms with Crippen LogP contribution in [-0.4, -0.2) is 0 Å². The second-order valence-electron chi connectivity index (χ2n) is 8.02. The number of rotatable bonds is 6. The predicted molar refractivity (Wildman–Crippen MR) is 113 cm³/mol. The molecular formula is C24H28BrF3. The molecule has 0 unspecified atom stereocenters. The first-order valence-corrected chi connectivity index (χ1v) is 11.1. The van der Waals surface area contributed by atoms with Crippen LogP contribution in [0.15, 0.2) is 46.9 Å². The van der Waals surface area contributed by atoms with Crippen LogP contribution in [0.4, 0.5) is 13.2 Å². The third kappa shape index (κ3) is 5.40. The van der Waals surface area contributed by atoms with Crippen molar-refractivity contribution >= 4 is 15.9 Å². The van der Waals surface area contributed by atoms with Crippen molar-refractivity contribution in [3.8, 4) is 11.1 Å². The summed E-state index contributed by atoms with van der Waals surface area (Å²) in [4.78, 5) is 0. The van der Waals surface area contributed by atoms with Crippen LogP contribution in [0, 0.1) is 5.92 Å². The normalized spacial score (nSPS) is 20.3. The summed E-state index contributed by atoms with van der Waals surface area (Å²) in [6.45, 7) is 2.24. The molecule has 0 N–H and O–H groups in total. The fourth-order valence-corrected chi connectivity index (χ4v) is 4.77. The molecule has 0 spiro atoms. The highest BCUT2D eigenvalue weighted by Crippen LogP contribution is 2.41. The summed E-state index contributed by atoms with van der Waals surface area (Å²) in [5.74, 6) is 1.41. The molecule has 0 radical (unpaired) electrons. The zero-order valence-corrected chi connectivity index (χ0v) is 18.0. The van der Waals surface area contributed by atoms with E-state index in [0.717, 1.165) is 12.0 Å². The van der Waals surface area contributed by atoms with Gasteiger partial charge in [-0.1, -0.05) is 78.9 Å². The molecule has 2 aromatic carbocycles. The molecule has 0 amide bonds. The largest absolute Gasteiger partial charge is 0.417 e. The van der Waals surface area contributed by atoms with Gasteiger partial charge in [0.1, 0.15) is 0 Å². The van der Waals surface area contributed by atoms with Crippen molar-refractivity contribution in [2.45, 2.75) is 70.4 Å². The van der Waals surface area contributed by atoms with E-state index in [1.165, 1.54) is 56.9 Å². The van der Waals surface area contributed by atoms with Crippen LogP contribution in [0.1, 0.15) is 75.3 Å². The fourth-order valence-electron chi connectivity index (χ4n) is 4.41. The third-order valence-electron chi connectivity index (χ3n) is 6.04. The molecular weight excluding hydrogens is 425 g/mol. The Bertz CT molecular complexity index is 756. The van der Waals surface area contributed by atoms with Crippen LogP contribution in [-0.2, 0) is 6.18 Å². The highest BCUT2D eigenvalue weighted by atomic mass is 79.9. The van der Waals surface area contributed by atoms with Crippen LogP contribution >= 0.6 is 15.9 Å². The highest BCUT2D eigenvalue weighted by molar-refractivity contribution is 9.10. The van der Waals surface area contributed by atoms with E-state index < -0.39 is 11.7 Å². The average molecular weight is 453 g/mol. The topological polar surface area (TPSA) is 0 Å². The van der Waals surface area contributed by atoms with Crippen LogP contribution in [0.3, 0.4) is 0 Å². The number of halogens is 4. The molecule has 152 valence electrons. The maximum absolute atomic E-state index is 13.4. The highest BCUT2D eigenvalue weighted by Gasteiger charge is 2.34. The molecule has 4 heteroatoms. The zero-order valence-electron chi connectivity index (χ0n) is 16.4. The second kappa shape index (κ2) is 9.47. The minimum absolute atomic E-state index is 0.238. The van der Waals surface area contributed by atoms with Gasteiger partial charge < -0.3 is 0 Å². The van der Waals surface area contributed by atoms with Gasteiger partial charge in [-0.2, -0.15) is 13.2 Å². The predicted octanol–water partition coefficient (Wildman–Crippen LogP) is 8.99. The summed E-state index contributed by atoms with van der Waals surface area (Å²) in [6.07, 6.45) is 5.88. The first-order valence-electron chi connectivity index (χ1n) is 10.4. The summed E-state index contributed by atoms with van der Waals surface area (Å²) < 4.78 is 40.7. The monoisotopic (exact) mass is 452 g/mol. The van der Waals surface area contributed by atoms with Gasteiger partial charge in [0.15, 0.2) is 0 Å².